The molecule has 0 unspecified atom stereocenters. The molecular formula is C21H27N3O4S. The lowest BCUT2D eigenvalue weighted by molar-refractivity contribution is -0.161. The number of fused-ring (bicyclic) bond motifs is 1. The molecule has 0 bridgehead atoms. The monoisotopic (exact) mass is 417 g/mol. The van der Waals surface area contributed by atoms with Crippen molar-refractivity contribution in [2.45, 2.75) is 58.4 Å². The zero-order valence-corrected chi connectivity index (χ0v) is 17.6. The van der Waals surface area contributed by atoms with Crippen molar-refractivity contribution in [1.82, 2.24) is 15.6 Å². The predicted octanol–water partition coefficient (Wildman–Crippen LogP) is 3.57. The summed E-state index contributed by atoms with van der Waals surface area (Å²) in [5.74, 6) is -1.02. The Morgan fingerprint density at radius 1 is 1.17 bits per heavy atom. The molecule has 3 amide bonds. The zero-order valence-electron chi connectivity index (χ0n) is 16.8. The number of urea groups is 1. The molecule has 0 saturated heterocycles. The van der Waals surface area contributed by atoms with Gasteiger partial charge in [0.15, 0.2) is 6.61 Å². The molecule has 3 rings (SSSR count). The van der Waals surface area contributed by atoms with E-state index in [4.69, 9.17) is 4.74 Å². The van der Waals surface area contributed by atoms with Gasteiger partial charge in [-0.15, -0.1) is 11.3 Å². The lowest BCUT2D eigenvalue weighted by Gasteiger charge is -2.34. The average molecular weight is 418 g/mol. The summed E-state index contributed by atoms with van der Waals surface area (Å²) < 4.78 is 6.44. The van der Waals surface area contributed by atoms with Gasteiger partial charge in [0.05, 0.1) is 20.6 Å². The first-order valence-corrected chi connectivity index (χ1v) is 10.8. The number of nitrogens with one attached hydrogen (secondary N) is 2. The van der Waals surface area contributed by atoms with Crippen LogP contribution >= 0.6 is 11.3 Å². The van der Waals surface area contributed by atoms with E-state index in [0.717, 1.165) is 47.3 Å². The fraction of sp³-hybridized carbons (Fsp3) is 0.524. The first kappa shape index (κ1) is 21.2. The van der Waals surface area contributed by atoms with E-state index in [1.54, 1.807) is 25.2 Å². The van der Waals surface area contributed by atoms with E-state index < -0.39 is 24.0 Å². The van der Waals surface area contributed by atoms with Gasteiger partial charge in [0.25, 0.3) is 5.91 Å². The van der Waals surface area contributed by atoms with Gasteiger partial charge in [-0.25, -0.2) is 9.78 Å². The number of rotatable bonds is 6. The van der Waals surface area contributed by atoms with Crippen LogP contribution in [0.3, 0.4) is 0 Å². The van der Waals surface area contributed by atoms with Gasteiger partial charge in [0.1, 0.15) is 0 Å². The number of ether oxygens (including phenoxy) is 1. The van der Waals surface area contributed by atoms with Crippen LogP contribution < -0.4 is 10.6 Å². The topological polar surface area (TPSA) is 97.4 Å². The number of para-hydroxylation sites is 1. The van der Waals surface area contributed by atoms with E-state index >= 15 is 0 Å². The quantitative estimate of drug-likeness (QED) is 0.701. The fourth-order valence-corrected chi connectivity index (χ4v) is 4.82. The molecule has 0 atom stereocenters. The molecular weight excluding hydrogens is 390 g/mol. The molecule has 1 aromatic carbocycles. The summed E-state index contributed by atoms with van der Waals surface area (Å²) in [4.78, 5) is 41.2. The van der Waals surface area contributed by atoms with Crippen LogP contribution in [0, 0.1) is 5.41 Å². The van der Waals surface area contributed by atoms with Gasteiger partial charge in [-0.2, -0.15) is 0 Å². The van der Waals surface area contributed by atoms with Crippen LogP contribution in [0.1, 0.15) is 51.0 Å². The van der Waals surface area contributed by atoms with Crippen LogP contribution in [0.15, 0.2) is 24.3 Å². The first-order valence-electron chi connectivity index (χ1n) is 10.00. The van der Waals surface area contributed by atoms with Crippen LogP contribution in [0.5, 0.6) is 0 Å². The highest BCUT2D eigenvalue weighted by Gasteiger charge is 2.42. The highest BCUT2D eigenvalue weighted by molar-refractivity contribution is 7.18. The minimum Gasteiger partial charge on any atom is -0.455 e. The van der Waals surface area contributed by atoms with Crippen molar-refractivity contribution >= 4 is 39.5 Å². The van der Waals surface area contributed by atoms with Crippen molar-refractivity contribution in [1.29, 1.82) is 0 Å². The van der Waals surface area contributed by atoms with Gasteiger partial charge < -0.3 is 10.1 Å². The van der Waals surface area contributed by atoms with E-state index in [1.165, 1.54) is 0 Å². The number of benzene rings is 1. The van der Waals surface area contributed by atoms with Crippen molar-refractivity contribution < 1.29 is 19.1 Å². The van der Waals surface area contributed by atoms with Gasteiger partial charge in [0, 0.05) is 12.5 Å². The molecule has 1 aromatic heterocycles. The van der Waals surface area contributed by atoms with Gasteiger partial charge in [0.2, 0.25) is 0 Å². The van der Waals surface area contributed by atoms with Crippen molar-refractivity contribution in [2.24, 2.45) is 5.41 Å². The van der Waals surface area contributed by atoms with E-state index in [9.17, 15) is 14.4 Å². The second kappa shape index (κ2) is 9.35. The van der Waals surface area contributed by atoms with Crippen LogP contribution in [-0.2, 0) is 20.7 Å². The van der Waals surface area contributed by atoms with Crippen molar-refractivity contribution in [3.8, 4) is 0 Å². The first-order chi connectivity index (χ1) is 13.9. The zero-order chi connectivity index (χ0) is 20.9. The SMILES string of the molecule is CC(C)NC(=O)NC(=O)COC(=O)C1(Cc2nc3ccccc3s2)CCCCC1. The number of amides is 3. The molecule has 29 heavy (non-hydrogen) atoms. The van der Waals surface area contributed by atoms with Crippen molar-refractivity contribution in [3.05, 3.63) is 29.3 Å². The third kappa shape index (κ3) is 5.53. The molecule has 0 radical (unpaired) electrons. The van der Waals surface area contributed by atoms with E-state index in [-0.39, 0.29) is 12.0 Å². The number of carbonyl (C=O) groups excluding carboxylic acids is 3. The Balaban J connectivity index is 1.65. The third-order valence-corrected chi connectivity index (χ3v) is 6.11. The molecule has 0 spiro atoms. The summed E-state index contributed by atoms with van der Waals surface area (Å²) >= 11 is 1.59. The summed E-state index contributed by atoms with van der Waals surface area (Å²) in [5.41, 5.74) is 0.273. The number of imide groups is 1. The van der Waals surface area contributed by atoms with Crippen LogP contribution in [-0.4, -0.2) is 35.5 Å². The minimum absolute atomic E-state index is 0.0929. The Morgan fingerprint density at radius 3 is 2.59 bits per heavy atom. The number of thiazole rings is 1. The number of esters is 1. The highest BCUT2D eigenvalue weighted by atomic mass is 32.1. The lowest BCUT2D eigenvalue weighted by Crippen LogP contribution is -2.45. The maximum Gasteiger partial charge on any atom is 0.321 e. The lowest BCUT2D eigenvalue weighted by atomic mass is 9.72. The van der Waals surface area contributed by atoms with Crippen molar-refractivity contribution in [2.75, 3.05) is 6.61 Å². The molecule has 1 aliphatic rings. The normalized spacial score (nSPS) is 15.8. The van der Waals surface area contributed by atoms with Gasteiger partial charge >= 0.3 is 12.0 Å². The minimum atomic E-state index is -0.660. The molecule has 156 valence electrons. The van der Waals surface area contributed by atoms with Crippen LogP contribution in [0.2, 0.25) is 0 Å². The number of nitrogens with zero attached hydrogens (tertiary/aromatic N) is 1. The average Bonchev–Trinajstić information content (AvgIpc) is 3.08. The smallest absolute Gasteiger partial charge is 0.321 e. The Morgan fingerprint density at radius 2 is 1.90 bits per heavy atom. The van der Waals surface area contributed by atoms with E-state index in [2.05, 4.69) is 15.6 Å². The van der Waals surface area contributed by atoms with Crippen LogP contribution in [0.25, 0.3) is 10.2 Å². The van der Waals surface area contributed by atoms with Crippen molar-refractivity contribution in [3.63, 3.8) is 0 Å². The third-order valence-electron chi connectivity index (χ3n) is 5.08. The van der Waals surface area contributed by atoms with Crippen LogP contribution in [0.4, 0.5) is 4.79 Å². The summed E-state index contributed by atoms with van der Waals surface area (Å²) in [7, 11) is 0. The molecule has 7 nitrogen and oxygen atoms in total. The number of aromatic nitrogens is 1. The second-order valence-corrected chi connectivity index (χ2v) is 8.96. The molecule has 1 aliphatic carbocycles. The Kier molecular flexibility index (Phi) is 6.84. The molecule has 2 aromatic rings. The molecule has 1 saturated carbocycles. The number of hydrogen-bond acceptors (Lipinski definition) is 6. The molecule has 0 aliphatic heterocycles. The standard InChI is InChI=1S/C21H27N3O4S/c1-14(2)22-20(27)24-17(25)13-28-19(26)21(10-6-3-7-11-21)12-18-23-15-8-4-5-9-16(15)29-18/h4-5,8-9,14H,3,6-7,10-13H2,1-2H3,(H2,22,24,25,27). The number of hydrogen-bond donors (Lipinski definition) is 2. The van der Waals surface area contributed by atoms with Gasteiger partial charge in [-0.3, -0.25) is 14.9 Å². The largest absolute Gasteiger partial charge is 0.455 e. The van der Waals surface area contributed by atoms with Gasteiger partial charge in [-0.1, -0.05) is 31.4 Å². The Labute approximate surface area is 174 Å². The Hall–Kier alpha value is -2.48. The molecule has 8 heteroatoms. The molecule has 1 heterocycles. The summed E-state index contributed by atoms with van der Waals surface area (Å²) in [6, 6.07) is 7.23. The predicted molar refractivity (Wildman–Crippen MR) is 112 cm³/mol. The summed E-state index contributed by atoms with van der Waals surface area (Å²) in [5, 5.41) is 5.64. The maximum absolute atomic E-state index is 13.0. The molecule has 2 N–H and O–H groups in total. The van der Waals surface area contributed by atoms with Gasteiger partial charge in [-0.05, 0) is 38.8 Å². The highest BCUT2D eigenvalue weighted by Crippen LogP contribution is 2.41. The molecule has 1 fully saturated rings. The maximum atomic E-state index is 13.0. The van der Waals surface area contributed by atoms with E-state index in [0.29, 0.717) is 6.42 Å². The summed E-state index contributed by atoms with van der Waals surface area (Å²) in [6.07, 6.45) is 4.94. The summed E-state index contributed by atoms with van der Waals surface area (Å²) in [6.45, 7) is 3.11. The second-order valence-electron chi connectivity index (χ2n) is 7.85. The number of carbonyl (C=O) groups is 3. The fourth-order valence-electron chi connectivity index (χ4n) is 3.71. The Bertz CT molecular complexity index is 854. The van der Waals surface area contributed by atoms with E-state index in [1.807, 2.05) is 24.3 Å².